The highest BCUT2D eigenvalue weighted by Gasteiger charge is 2.14. The maximum atomic E-state index is 10.7. The van der Waals surface area contributed by atoms with Gasteiger partial charge in [0.15, 0.2) is 11.5 Å². The molecule has 0 amide bonds. The Balaban J connectivity index is 3.15. The number of carbonyl (C=O) groups is 3. The minimum Gasteiger partial charge on any atom is -0.478 e. The van der Waals surface area contributed by atoms with Crippen LogP contribution >= 0.6 is 23.2 Å². The first kappa shape index (κ1) is 13.3. The predicted octanol–water partition coefficient (Wildman–Crippen LogP) is 2.86. The minimum atomic E-state index is -1.25. The van der Waals surface area contributed by atoms with E-state index in [0.717, 1.165) is 18.2 Å². The zero-order valence-electron chi connectivity index (χ0n) is 7.98. The zero-order valence-corrected chi connectivity index (χ0v) is 9.49. The van der Waals surface area contributed by atoms with Crippen LogP contribution in [0.5, 0.6) is 11.5 Å². The smallest absolute Gasteiger partial charge is 0.409 e. The molecule has 0 aliphatic carbocycles. The number of carboxylic acid groups (broad SMARTS) is 1. The average molecular weight is 279 g/mol. The number of halogens is 2. The molecule has 0 aliphatic rings. The van der Waals surface area contributed by atoms with Crippen LogP contribution in [0.15, 0.2) is 18.2 Å². The highest BCUT2D eigenvalue weighted by molar-refractivity contribution is 6.62. The van der Waals surface area contributed by atoms with Gasteiger partial charge in [-0.1, -0.05) is 0 Å². The molecule has 6 nitrogen and oxygen atoms in total. The summed E-state index contributed by atoms with van der Waals surface area (Å²) in [7, 11) is 0. The Bertz CT molecular complexity index is 484. The molecule has 0 unspecified atom stereocenters. The molecule has 0 saturated heterocycles. The number of benzene rings is 1. The third-order valence-corrected chi connectivity index (χ3v) is 1.73. The fourth-order valence-corrected chi connectivity index (χ4v) is 1.14. The topological polar surface area (TPSA) is 89.9 Å². The molecule has 1 N–H and O–H groups in total. The average Bonchev–Trinajstić information content (AvgIpc) is 2.18. The third-order valence-electron chi connectivity index (χ3n) is 1.57. The van der Waals surface area contributed by atoms with E-state index in [1.807, 2.05) is 0 Å². The van der Waals surface area contributed by atoms with Gasteiger partial charge < -0.3 is 14.6 Å². The first-order chi connectivity index (χ1) is 7.90. The van der Waals surface area contributed by atoms with Crippen LogP contribution in [0.2, 0.25) is 0 Å². The third kappa shape index (κ3) is 3.93. The lowest BCUT2D eigenvalue weighted by molar-refractivity contribution is 0.0696. The van der Waals surface area contributed by atoms with Crippen LogP contribution in [0.1, 0.15) is 10.4 Å². The van der Waals surface area contributed by atoms with Gasteiger partial charge in [-0.25, -0.2) is 14.4 Å². The zero-order chi connectivity index (χ0) is 13.0. The van der Waals surface area contributed by atoms with E-state index in [0.29, 0.717) is 0 Å². The second kappa shape index (κ2) is 5.51. The van der Waals surface area contributed by atoms with Crippen molar-refractivity contribution < 1.29 is 29.0 Å². The molecule has 8 heteroatoms. The van der Waals surface area contributed by atoms with E-state index in [9.17, 15) is 14.4 Å². The van der Waals surface area contributed by atoms with Gasteiger partial charge in [0.25, 0.3) is 0 Å². The van der Waals surface area contributed by atoms with Crippen molar-refractivity contribution in [2.24, 2.45) is 0 Å². The Morgan fingerprint density at radius 3 is 2.00 bits per heavy atom. The van der Waals surface area contributed by atoms with E-state index in [4.69, 9.17) is 28.3 Å². The monoisotopic (exact) mass is 278 g/mol. The largest absolute Gasteiger partial charge is 0.478 e. The molecule has 0 radical (unpaired) electrons. The van der Waals surface area contributed by atoms with E-state index in [-0.39, 0.29) is 17.1 Å². The van der Waals surface area contributed by atoms with Crippen molar-refractivity contribution in [1.82, 2.24) is 0 Å². The highest BCUT2D eigenvalue weighted by atomic mass is 35.5. The first-order valence-electron chi connectivity index (χ1n) is 4.02. The predicted molar refractivity (Wildman–Crippen MR) is 57.2 cm³/mol. The van der Waals surface area contributed by atoms with Gasteiger partial charge in [0, 0.05) is 23.2 Å². The number of hydrogen-bond donors (Lipinski definition) is 1. The van der Waals surface area contributed by atoms with E-state index >= 15 is 0 Å². The molecule has 1 aromatic rings. The molecule has 0 spiro atoms. The fraction of sp³-hybridized carbons (Fsp3) is 0. The van der Waals surface area contributed by atoms with Crippen molar-refractivity contribution in [3.63, 3.8) is 0 Å². The van der Waals surface area contributed by atoms with Gasteiger partial charge in [0.2, 0.25) is 0 Å². The van der Waals surface area contributed by atoms with Crippen LogP contribution < -0.4 is 9.47 Å². The molecule has 0 saturated carbocycles. The number of hydrogen-bond acceptors (Lipinski definition) is 5. The number of aromatic carboxylic acids is 1. The van der Waals surface area contributed by atoms with Gasteiger partial charge in [-0.15, -0.1) is 0 Å². The lowest BCUT2D eigenvalue weighted by Gasteiger charge is -2.07. The molecule has 0 aromatic heterocycles. The summed E-state index contributed by atoms with van der Waals surface area (Å²) in [5.41, 5.74) is -2.55. The van der Waals surface area contributed by atoms with Crippen molar-refractivity contribution in [3.05, 3.63) is 23.8 Å². The molecule has 90 valence electrons. The molecule has 0 fully saturated rings. The number of carboxylic acids is 1. The standard InChI is InChI=1S/C9H4Cl2O6/c10-8(14)16-5-2-1-4(7(12)13)3-6(5)17-9(11)15/h1-3H,(H,12,13). The second-order valence-electron chi connectivity index (χ2n) is 2.65. The summed E-state index contributed by atoms with van der Waals surface area (Å²) < 4.78 is 8.94. The highest BCUT2D eigenvalue weighted by Crippen LogP contribution is 2.29. The van der Waals surface area contributed by atoms with Crippen molar-refractivity contribution in [3.8, 4) is 11.5 Å². The van der Waals surface area contributed by atoms with Crippen molar-refractivity contribution >= 4 is 40.0 Å². The van der Waals surface area contributed by atoms with E-state index < -0.39 is 16.8 Å². The second-order valence-corrected chi connectivity index (χ2v) is 3.26. The van der Waals surface area contributed by atoms with Crippen molar-refractivity contribution in [2.75, 3.05) is 0 Å². The summed E-state index contributed by atoms with van der Waals surface area (Å²) in [6, 6.07) is 3.22. The lowest BCUT2D eigenvalue weighted by Crippen LogP contribution is -2.04. The van der Waals surface area contributed by atoms with Crippen LogP contribution in [0.25, 0.3) is 0 Å². The van der Waals surface area contributed by atoms with Crippen molar-refractivity contribution in [1.29, 1.82) is 0 Å². The summed E-state index contributed by atoms with van der Waals surface area (Å²) in [5.74, 6) is -1.79. The van der Waals surface area contributed by atoms with Gasteiger partial charge in [0.05, 0.1) is 5.56 Å². The SMILES string of the molecule is O=C(Cl)Oc1ccc(C(=O)O)cc1OC(=O)Cl. The van der Waals surface area contributed by atoms with Gasteiger partial charge in [-0.2, -0.15) is 0 Å². The summed E-state index contributed by atoms with van der Waals surface area (Å²) in [6.45, 7) is 0. The minimum absolute atomic E-state index is 0.174. The Morgan fingerprint density at radius 2 is 1.53 bits per heavy atom. The molecule has 0 heterocycles. The Kier molecular flexibility index (Phi) is 4.30. The Morgan fingerprint density at radius 1 is 1.00 bits per heavy atom. The van der Waals surface area contributed by atoms with Gasteiger partial charge in [-0.05, 0) is 18.2 Å². The maximum Gasteiger partial charge on any atom is 0.409 e. The van der Waals surface area contributed by atoms with Crippen LogP contribution in [0.3, 0.4) is 0 Å². The Hall–Kier alpha value is -1.79. The molecule has 0 aliphatic heterocycles. The summed E-state index contributed by atoms with van der Waals surface area (Å²) >= 11 is 9.94. The van der Waals surface area contributed by atoms with E-state index in [2.05, 4.69) is 9.47 Å². The van der Waals surface area contributed by atoms with Crippen LogP contribution in [0.4, 0.5) is 9.59 Å². The molecule has 1 rings (SSSR count). The molecule has 17 heavy (non-hydrogen) atoms. The molecule has 0 bridgehead atoms. The maximum absolute atomic E-state index is 10.7. The summed E-state index contributed by atoms with van der Waals surface area (Å²) in [4.78, 5) is 31.7. The Labute approximate surface area is 105 Å². The van der Waals surface area contributed by atoms with Gasteiger partial charge >= 0.3 is 16.8 Å². The molecular formula is C9H4Cl2O6. The quantitative estimate of drug-likeness (QED) is 0.855. The number of ether oxygens (including phenoxy) is 2. The van der Waals surface area contributed by atoms with Crippen molar-refractivity contribution in [2.45, 2.75) is 0 Å². The number of carbonyl (C=O) groups excluding carboxylic acids is 2. The molecular weight excluding hydrogens is 275 g/mol. The van der Waals surface area contributed by atoms with E-state index in [1.54, 1.807) is 0 Å². The normalized spacial score (nSPS) is 9.53. The summed E-state index contributed by atoms with van der Waals surface area (Å²) in [5, 5.41) is 8.71. The van der Waals surface area contributed by atoms with Crippen LogP contribution in [-0.4, -0.2) is 21.9 Å². The van der Waals surface area contributed by atoms with E-state index in [1.165, 1.54) is 0 Å². The molecule has 0 atom stereocenters. The van der Waals surface area contributed by atoms with Gasteiger partial charge in [-0.3, -0.25) is 0 Å². The lowest BCUT2D eigenvalue weighted by atomic mass is 10.2. The summed E-state index contributed by atoms with van der Waals surface area (Å²) in [6.07, 6.45) is 0. The first-order valence-corrected chi connectivity index (χ1v) is 4.77. The fourth-order valence-electron chi connectivity index (χ4n) is 0.978. The van der Waals surface area contributed by atoms with Crippen LogP contribution in [0, 0.1) is 0 Å². The number of rotatable bonds is 3. The van der Waals surface area contributed by atoms with Crippen LogP contribution in [-0.2, 0) is 0 Å². The molecule has 1 aromatic carbocycles. The van der Waals surface area contributed by atoms with Gasteiger partial charge in [0.1, 0.15) is 0 Å².